The molecule has 432 valence electrons. The molecular formula is C55H88FN9O7S5. The number of alkyl halides is 1. The van der Waals surface area contributed by atoms with E-state index in [1.165, 1.54) is 17.0 Å². The number of halogens is 1. The molecule has 1 aromatic carbocycles. The zero-order chi connectivity index (χ0) is 52.4. The van der Waals surface area contributed by atoms with Gasteiger partial charge in [0.05, 0.1) is 36.2 Å². The number of esters is 1. The number of hydrogen-bond donors (Lipinski definition) is 2. The van der Waals surface area contributed by atoms with Crippen LogP contribution in [0.5, 0.6) is 0 Å². The fraction of sp³-hybridized carbons (Fsp3) is 0.636. The largest absolute Gasteiger partial charge is 0.464 e. The lowest BCUT2D eigenvalue weighted by molar-refractivity contribution is -0.156. The summed E-state index contributed by atoms with van der Waals surface area (Å²) in [6, 6.07) is 7.57. The van der Waals surface area contributed by atoms with E-state index in [9.17, 15) is 24.0 Å². The van der Waals surface area contributed by atoms with Crippen molar-refractivity contribution in [3.8, 4) is 23.1 Å². The highest BCUT2D eigenvalue weighted by atomic mass is 32.1. The number of hydrazine groups is 1. The summed E-state index contributed by atoms with van der Waals surface area (Å²) in [6.07, 6.45) is 2.47. The molecule has 3 aromatic rings. The van der Waals surface area contributed by atoms with Gasteiger partial charge in [0, 0.05) is 99.3 Å². The van der Waals surface area contributed by atoms with Crippen molar-refractivity contribution in [1.82, 2.24) is 40.0 Å². The van der Waals surface area contributed by atoms with Crippen molar-refractivity contribution < 1.29 is 37.8 Å². The van der Waals surface area contributed by atoms with Crippen molar-refractivity contribution in [3.05, 3.63) is 47.8 Å². The number of benzene rings is 1. The number of piperidine rings is 1. The van der Waals surface area contributed by atoms with Crippen molar-refractivity contribution in [2.45, 2.75) is 149 Å². The second-order valence-corrected chi connectivity index (χ2v) is 22.4. The minimum Gasteiger partial charge on any atom is -0.464 e. The number of likely N-dealkylation sites (N-methyl/N-ethyl adjacent to an activating group) is 1. The van der Waals surface area contributed by atoms with Gasteiger partial charge >= 0.3 is 5.97 Å². The minimum atomic E-state index is -2.33. The van der Waals surface area contributed by atoms with Crippen LogP contribution in [0.1, 0.15) is 112 Å². The summed E-state index contributed by atoms with van der Waals surface area (Å²) in [5, 5.41) is 5.48. The number of nitrogens with one attached hydrogen (secondary N) is 2. The Morgan fingerprint density at radius 3 is 2.29 bits per heavy atom. The maximum Gasteiger partial charge on any atom is 0.324 e. The van der Waals surface area contributed by atoms with E-state index in [0.29, 0.717) is 39.0 Å². The van der Waals surface area contributed by atoms with Crippen molar-refractivity contribution in [1.29, 1.82) is 0 Å². The topological polar surface area (TPSA) is 162 Å². The SMILES string of the molecule is CCn1c(-c2cccnc2C(C)C)c2c3cc(ccc31)N1CCO[C@@H](C[C@H](NC(=O)[C@H](C(C)C)N(C)C(=O)C3(F)CCN(C(=O)C#CC(C)(C)N(C)C)CC3)C(=O)N3CCC[C@H](N3)C(=O)OCC(C)(C)C2)C1.S.S.S.S.S. The van der Waals surface area contributed by atoms with Crippen LogP contribution in [0.3, 0.4) is 0 Å². The molecule has 4 atom stereocenters. The molecule has 0 aliphatic carbocycles. The number of carbonyl (C=O) groups is 5. The second kappa shape index (κ2) is 28.5. The van der Waals surface area contributed by atoms with E-state index in [4.69, 9.17) is 14.5 Å². The van der Waals surface area contributed by atoms with Gasteiger partial charge in [0.25, 0.3) is 17.7 Å². The number of aryl methyl sites for hydroxylation is 1. The fourth-order valence-corrected chi connectivity index (χ4v) is 10.6. The first kappa shape index (κ1) is 69.3. The monoisotopic (exact) mass is 1170 g/mol. The number of anilines is 1. The third kappa shape index (κ3) is 15.6. The molecule has 77 heavy (non-hydrogen) atoms. The smallest absolute Gasteiger partial charge is 0.324 e. The number of carbonyl (C=O) groups excluding carboxylic acids is 5. The summed E-state index contributed by atoms with van der Waals surface area (Å²) in [5.74, 6) is 2.50. The van der Waals surface area contributed by atoms with Gasteiger partial charge in [0.15, 0.2) is 5.67 Å². The van der Waals surface area contributed by atoms with E-state index in [1.54, 1.807) is 13.8 Å². The Balaban J connectivity index is 0.00000406. The number of aromatic nitrogens is 2. The molecule has 4 aliphatic heterocycles. The molecule has 6 bridgehead atoms. The first-order valence-corrected chi connectivity index (χ1v) is 25.9. The van der Waals surface area contributed by atoms with Gasteiger partial charge in [-0.3, -0.25) is 38.9 Å². The molecule has 22 heteroatoms. The Kier molecular flexibility index (Phi) is 25.7. The van der Waals surface area contributed by atoms with Crippen LogP contribution >= 0.6 is 67.5 Å². The van der Waals surface area contributed by atoms with Crippen LogP contribution in [0.15, 0.2) is 36.5 Å². The van der Waals surface area contributed by atoms with Gasteiger partial charge in [-0.15, -0.1) is 0 Å². The lowest BCUT2D eigenvalue weighted by Gasteiger charge is -2.41. The normalized spacial score (nSPS) is 20.8. The second-order valence-electron chi connectivity index (χ2n) is 22.4. The predicted molar refractivity (Wildman–Crippen MR) is 328 cm³/mol. The number of fused-ring (bicyclic) bond motifs is 6. The summed E-state index contributed by atoms with van der Waals surface area (Å²) in [5.41, 5.74) is 6.18. The number of hydrogen-bond acceptors (Lipinski definition) is 11. The number of likely N-dealkylation sites (tertiary alicyclic amines) is 1. The van der Waals surface area contributed by atoms with Crippen molar-refractivity contribution in [3.63, 3.8) is 0 Å². The summed E-state index contributed by atoms with van der Waals surface area (Å²) in [7, 11) is 5.15. The summed E-state index contributed by atoms with van der Waals surface area (Å²) >= 11 is 0. The lowest BCUT2D eigenvalue weighted by atomic mass is 9.84. The van der Waals surface area contributed by atoms with Crippen LogP contribution in [0.25, 0.3) is 22.2 Å². The van der Waals surface area contributed by atoms with Gasteiger partial charge in [-0.2, -0.15) is 67.5 Å². The van der Waals surface area contributed by atoms with Crippen LogP contribution in [0.4, 0.5) is 10.1 Å². The van der Waals surface area contributed by atoms with Crippen molar-refractivity contribution in [2.75, 3.05) is 72.0 Å². The first-order valence-electron chi connectivity index (χ1n) is 25.9. The Morgan fingerprint density at radius 1 is 0.987 bits per heavy atom. The number of amides is 4. The van der Waals surface area contributed by atoms with Crippen LogP contribution in [-0.2, 0) is 46.4 Å². The van der Waals surface area contributed by atoms with Crippen LogP contribution < -0.4 is 15.6 Å². The highest BCUT2D eigenvalue weighted by Crippen LogP contribution is 2.42. The van der Waals surface area contributed by atoms with Crippen LogP contribution in [0.2, 0.25) is 0 Å². The molecule has 7 rings (SSSR count). The zero-order valence-corrected chi connectivity index (χ0v) is 52.2. The Labute approximate surface area is 491 Å². The molecule has 4 amide bonds. The fourth-order valence-electron chi connectivity index (χ4n) is 10.6. The molecule has 0 spiro atoms. The maximum atomic E-state index is 16.8. The van der Waals surface area contributed by atoms with Crippen molar-refractivity contribution >= 4 is 114 Å². The third-order valence-electron chi connectivity index (χ3n) is 15.2. The van der Waals surface area contributed by atoms with Crippen LogP contribution in [0, 0.1) is 23.2 Å². The number of pyridine rings is 1. The van der Waals surface area contributed by atoms with E-state index >= 15 is 4.39 Å². The maximum absolute atomic E-state index is 16.8. The number of ether oxygens (including phenoxy) is 2. The average molecular weight is 1170 g/mol. The molecule has 3 fully saturated rings. The van der Waals surface area contributed by atoms with Crippen LogP contribution in [-0.4, -0.2) is 161 Å². The van der Waals surface area contributed by atoms with Gasteiger partial charge in [-0.1, -0.05) is 47.5 Å². The quantitative estimate of drug-likeness (QED) is 0.184. The van der Waals surface area contributed by atoms with E-state index in [2.05, 4.69) is 90.9 Å². The standard InChI is InChI=1S/C55H78FN9O7.5H2S/c1-13-64-44-19-18-37-30-40(44)41(48(64)39-16-14-24-57-46(39)35(2)3)32-53(6,7)34-72-51(69)42-17-15-25-65(59-42)50(68)43(31-38-33-63(37)28-29-71-38)58-49(67)47(36(4)5)61(12)52(70)55(56)22-26-62(27-23-55)45(66)20-21-54(8,9)60(10)11;;;;;/h14,16,18-19,24,30,35-36,38,42-43,47,59H,13,15,17,22-23,25-29,31-34H2,1-12H3,(H,58,67);5*1H2/t38-,42-,43-,47-;;;;;/m0...../s1. The molecule has 0 radical (unpaired) electrons. The van der Waals surface area contributed by atoms with Gasteiger partial charge in [0.1, 0.15) is 18.1 Å². The minimum absolute atomic E-state index is 0. The molecule has 4 aliphatic rings. The Hall–Kier alpha value is -3.82. The van der Waals surface area contributed by atoms with Gasteiger partial charge in [-0.25, -0.2) is 9.82 Å². The average Bonchev–Trinajstić information content (AvgIpc) is 3.65. The highest BCUT2D eigenvalue weighted by Gasteiger charge is 2.48. The van der Waals surface area contributed by atoms with Gasteiger partial charge in [-0.05, 0) is 108 Å². The highest BCUT2D eigenvalue weighted by molar-refractivity contribution is 7.60. The molecule has 2 N–H and O–H groups in total. The van der Waals surface area contributed by atoms with Gasteiger partial charge < -0.3 is 34.1 Å². The summed E-state index contributed by atoms with van der Waals surface area (Å²) in [6.45, 7) is 20.5. The summed E-state index contributed by atoms with van der Waals surface area (Å²) < 4.78 is 31.7. The molecule has 6 heterocycles. The zero-order valence-electron chi connectivity index (χ0n) is 47.2. The molecular weight excluding hydrogens is 1080 g/mol. The molecule has 2 aromatic heterocycles. The number of rotatable bonds is 9. The molecule has 0 saturated carbocycles. The predicted octanol–water partition coefficient (Wildman–Crippen LogP) is 6.27. The molecule has 3 saturated heterocycles. The Morgan fingerprint density at radius 2 is 1.66 bits per heavy atom. The van der Waals surface area contributed by atoms with Gasteiger partial charge in [0.2, 0.25) is 5.91 Å². The van der Waals surface area contributed by atoms with E-state index in [-0.39, 0.29) is 119 Å². The van der Waals surface area contributed by atoms with Crippen molar-refractivity contribution in [2.24, 2.45) is 11.3 Å². The summed E-state index contributed by atoms with van der Waals surface area (Å²) in [4.78, 5) is 82.2. The Bertz CT molecular complexity index is 2600. The molecule has 0 unspecified atom stereocenters. The number of cyclic esters (lactones) is 1. The van der Waals surface area contributed by atoms with E-state index < -0.39 is 76.4 Å². The van der Waals surface area contributed by atoms with E-state index in [1.807, 2.05) is 45.1 Å². The first-order chi connectivity index (χ1) is 33.9. The third-order valence-corrected chi connectivity index (χ3v) is 15.2. The number of nitrogens with zero attached hydrogens (tertiary/aromatic N) is 7. The number of morpholine rings is 1. The lowest BCUT2D eigenvalue weighted by Crippen LogP contribution is -2.63. The molecule has 16 nitrogen and oxygen atoms in total. The van der Waals surface area contributed by atoms with E-state index in [0.717, 1.165) is 50.5 Å².